The lowest BCUT2D eigenvalue weighted by atomic mass is 9.96. The first kappa shape index (κ1) is 16.2. The van der Waals surface area contributed by atoms with Gasteiger partial charge in [-0.05, 0) is 50.3 Å². The summed E-state index contributed by atoms with van der Waals surface area (Å²) in [6.07, 6.45) is 4.26. The van der Waals surface area contributed by atoms with Gasteiger partial charge in [0.25, 0.3) is 0 Å². The molecule has 2 aliphatic rings. The number of hydrogen-bond donors (Lipinski definition) is 1. The van der Waals surface area contributed by atoms with E-state index in [1.807, 2.05) is 24.0 Å². The van der Waals surface area contributed by atoms with Gasteiger partial charge in [0.15, 0.2) is 0 Å². The Labute approximate surface area is 137 Å². The van der Waals surface area contributed by atoms with Crippen LogP contribution in [0.15, 0.2) is 24.3 Å². The number of carbonyl (C=O) groups is 1. The van der Waals surface area contributed by atoms with Crippen LogP contribution in [0, 0.1) is 5.82 Å². The van der Waals surface area contributed by atoms with Crippen LogP contribution in [0.2, 0.25) is 0 Å². The molecule has 4 nitrogen and oxygen atoms in total. The predicted octanol–water partition coefficient (Wildman–Crippen LogP) is 3.07. The number of benzene rings is 1. The maximum Gasteiger partial charge on any atom is 0.317 e. The van der Waals surface area contributed by atoms with Gasteiger partial charge in [-0.1, -0.05) is 12.1 Å². The Bertz CT molecular complexity index is 540. The van der Waals surface area contributed by atoms with Crippen molar-refractivity contribution in [2.45, 2.75) is 44.1 Å². The molecule has 1 N–H and O–H groups in total. The highest BCUT2D eigenvalue weighted by Gasteiger charge is 2.44. The second kappa shape index (κ2) is 6.87. The Hall–Kier alpha value is -1.62. The van der Waals surface area contributed by atoms with Crippen molar-refractivity contribution in [3.05, 3.63) is 35.6 Å². The number of halogens is 1. The van der Waals surface area contributed by atoms with Crippen LogP contribution < -0.4 is 5.32 Å². The number of amides is 2. The molecule has 0 spiro atoms. The second-order valence-electron chi connectivity index (χ2n) is 6.61. The van der Waals surface area contributed by atoms with Gasteiger partial charge in [-0.25, -0.2) is 9.18 Å². The smallest absolute Gasteiger partial charge is 0.317 e. The Balaban J connectivity index is 1.53. The van der Waals surface area contributed by atoms with Crippen molar-refractivity contribution in [1.82, 2.24) is 10.2 Å². The molecule has 5 heteroatoms. The van der Waals surface area contributed by atoms with Crippen LogP contribution >= 0.6 is 0 Å². The molecule has 1 aliphatic heterocycles. The van der Waals surface area contributed by atoms with Crippen LogP contribution in [-0.2, 0) is 10.2 Å². The normalized spacial score (nSPS) is 22.7. The maximum atomic E-state index is 13.1. The third-order valence-corrected chi connectivity index (χ3v) is 4.96. The van der Waals surface area contributed by atoms with E-state index in [1.165, 1.54) is 12.1 Å². The van der Waals surface area contributed by atoms with Gasteiger partial charge in [-0.15, -0.1) is 0 Å². The highest BCUT2D eigenvalue weighted by atomic mass is 19.1. The highest BCUT2D eigenvalue weighted by Crippen LogP contribution is 2.47. The summed E-state index contributed by atoms with van der Waals surface area (Å²) in [4.78, 5) is 14.3. The van der Waals surface area contributed by atoms with E-state index in [2.05, 4.69) is 5.32 Å². The van der Waals surface area contributed by atoms with Gasteiger partial charge >= 0.3 is 6.03 Å². The summed E-state index contributed by atoms with van der Waals surface area (Å²) in [5, 5.41) is 3.07. The second-order valence-corrected chi connectivity index (χ2v) is 6.61. The van der Waals surface area contributed by atoms with Crippen molar-refractivity contribution in [2.24, 2.45) is 0 Å². The molecule has 0 radical (unpaired) electrons. The Kier molecular flexibility index (Phi) is 4.85. The molecule has 1 unspecified atom stereocenters. The molecule has 0 bridgehead atoms. The molecular formula is C18H25FN2O2. The van der Waals surface area contributed by atoms with E-state index in [-0.39, 0.29) is 23.4 Å². The summed E-state index contributed by atoms with van der Waals surface area (Å²) in [5.41, 5.74) is 1.11. The number of hydrogen-bond acceptors (Lipinski definition) is 2. The zero-order valence-corrected chi connectivity index (χ0v) is 13.7. The van der Waals surface area contributed by atoms with Gasteiger partial charge in [0.1, 0.15) is 5.82 Å². The molecule has 23 heavy (non-hydrogen) atoms. The van der Waals surface area contributed by atoms with E-state index in [4.69, 9.17) is 4.74 Å². The summed E-state index contributed by atoms with van der Waals surface area (Å²) in [5.74, 6) is -0.219. The molecule has 1 atom stereocenters. The largest absolute Gasteiger partial charge is 0.377 e. The van der Waals surface area contributed by atoms with Crippen molar-refractivity contribution in [3.63, 3.8) is 0 Å². The van der Waals surface area contributed by atoms with Crippen LogP contribution in [0.5, 0.6) is 0 Å². The number of rotatable bonds is 5. The Morgan fingerprint density at radius 2 is 2.13 bits per heavy atom. The first-order valence-corrected chi connectivity index (χ1v) is 8.53. The Morgan fingerprint density at radius 1 is 1.39 bits per heavy atom. The lowest BCUT2D eigenvalue weighted by Gasteiger charge is -2.33. The van der Waals surface area contributed by atoms with Gasteiger partial charge in [0.05, 0.1) is 6.10 Å². The van der Waals surface area contributed by atoms with Crippen molar-refractivity contribution < 1.29 is 13.9 Å². The third-order valence-electron chi connectivity index (χ3n) is 4.96. The van der Waals surface area contributed by atoms with Crippen molar-refractivity contribution >= 4 is 6.03 Å². The molecule has 1 saturated heterocycles. The van der Waals surface area contributed by atoms with Crippen molar-refractivity contribution in [1.29, 1.82) is 0 Å². The van der Waals surface area contributed by atoms with Gasteiger partial charge in [-0.3, -0.25) is 0 Å². The van der Waals surface area contributed by atoms with Crippen molar-refractivity contribution in [3.8, 4) is 0 Å². The standard InChI is InChI=1S/C18H25FN2O2/c1-2-23-16-4-3-11-21(12-16)17(22)20-13-18(9-10-18)14-5-7-15(19)8-6-14/h5-8,16H,2-4,9-13H2,1H3,(H,20,22). The first-order valence-electron chi connectivity index (χ1n) is 8.53. The average Bonchev–Trinajstić information content (AvgIpc) is 3.35. The van der Waals surface area contributed by atoms with Crippen LogP contribution in [0.1, 0.15) is 38.2 Å². The number of piperidine rings is 1. The molecule has 2 fully saturated rings. The molecule has 2 amide bonds. The molecule has 126 valence electrons. The molecule has 3 rings (SSSR count). The van der Waals surface area contributed by atoms with E-state index in [1.54, 1.807) is 0 Å². The van der Waals surface area contributed by atoms with Crippen LogP contribution in [0.4, 0.5) is 9.18 Å². The zero-order chi connectivity index (χ0) is 16.3. The zero-order valence-electron chi connectivity index (χ0n) is 13.7. The number of carbonyl (C=O) groups excluding carboxylic acids is 1. The summed E-state index contributed by atoms with van der Waals surface area (Å²) in [6.45, 7) is 4.75. The molecule has 1 aromatic rings. The fraction of sp³-hybridized carbons (Fsp3) is 0.611. The van der Waals surface area contributed by atoms with E-state index >= 15 is 0 Å². The van der Waals surface area contributed by atoms with Gasteiger partial charge in [0, 0.05) is 31.7 Å². The Morgan fingerprint density at radius 3 is 2.78 bits per heavy atom. The number of urea groups is 1. The predicted molar refractivity (Wildman–Crippen MR) is 86.9 cm³/mol. The molecule has 1 aromatic carbocycles. The van der Waals surface area contributed by atoms with Gasteiger partial charge in [-0.2, -0.15) is 0 Å². The quantitative estimate of drug-likeness (QED) is 0.906. The molecule has 1 aliphatic carbocycles. The fourth-order valence-corrected chi connectivity index (χ4v) is 3.37. The SMILES string of the molecule is CCOC1CCCN(C(=O)NCC2(c3ccc(F)cc3)CC2)C1. The monoisotopic (exact) mass is 320 g/mol. The fourth-order valence-electron chi connectivity index (χ4n) is 3.37. The average molecular weight is 320 g/mol. The molecular weight excluding hydrogens is 295 g/mol. The lowest BCUT2D eigenvalue weighted by Crippen LogP contribution is -2.49. The molecule has 0 aromatic heterocycles. The topological polar surface area (TPSA) is 41.6 Å². The number of likely N-dealkylation sites (tertiary alicyclic amines) is 1. The summed E-state index contributed by atoms with van der Waals surface area (Å²) in [6, 6.07) is 6.65. The van der Waals surface area contributed by atoms with Gasteiger partial charge in [0.2, 0.25) is 0 Å². The number of nitrogens with zero attached hydrogens (tertiary/aromatic N) is 1. The van der Waals surface area contributed by atoms with Crippen LogP contribution in [0.25, 0.3) is 0 Å². The van der Waals surface area contributed by atoms with Crippen molar-refractivity contribution in [2.75, 3.05) is 26.2 Å². The summed E-state index contributed by atoms with van der Waals surface area (Å²) < 4.78 is 18.7. The van der Waals surface area contributed by atoms with Gasteiger partial charge < -0.3 is 15.0 Å². The summed E-state index contributed by atoms with van der Waals surface area (Å²) >= 11 is 0. The number of ether oxygens (including phenoxy) is 1. The lowest BCUT2D eigenvalue weighted by molar-refractivity contribution is 0.0164. The van der Waals surface area contributed by atoms with E-state index < -0.39 is 0 Å². The minimum absolute atomic E-state index is 0.00152. The minimum atomic E-state index is -0.219. The summed E-state index contributed by atoms with van der Waals surface area (Å²) in [7, 11) is 0. The number of nitrogens with one attached hydrogen (secondary N) is 1. The van der Waals surface area contributed by atoms with E-state index in [9.17, 15) is 9.18 Å². The maximum absolute atomic E-state index is 13.1. The third kappa shape index (κ3) is 3.83. The van der Waals surface area contributed by atoms with E-state index in [0.717, 1.165) is 37.8 Å². The first-order chi connectivity index (χ1) is 11.1. The van der Waals surface area contributed by atoms with Crippen LogP contribution in [-0.4, -0.2) is 43.3 Å². The minimum Gasteiger partial charge on any atom is -0.377 e. The molecule has 1 saturated carbocycles. The van der Waals surface area contributed by atoms with Crippen LogP contribution in [0.3, 0.4) is 0 Å². The van der Waals surface area contributed by atoms with E-state index in [0.29, 0.717) is 19.7 Å². The highest BCUT2D eigenvalue weighted by molar-refractivity contribution is 5.74. The molecule has 1 heterocycles.